The van der Waals surface area contributed by atoms with E-state index < -0.39 is 11.5 Å². The van der Waals surface area contributed by atoms with Crippen molar-refractivity contribution < 1.29 is 14.3 Å². The third-order valence-electron chi connectivity index (χ3n) is 4.74. The van der Waals surface area contributed by atoms with E-state index in [1.165, 1.54) is 0 Å². The van der Waals surface area contributed by atoms with Crippen molar-refractivity contribution in [3.05, 3.63) is 65.7 Å². The predicted octanol–water partition coefficient (Wildman–Crippen LogP) is 2.33. The summed E-state index contributed by atoms with van der Waals surface area (Å²) in [4.78, 5) is 25.2. The fraction of sp³-hybridized carbons (Fsp3) is 0.300. The van der Waals surface area contributed by atoms with Gasteiger partial charge in [0.2, 0.25) is 11.8 Å². The molecule has 0 saturated heterocycles. The Bertz CT molecular complexity index is 752. The van der Waals surface area contributed by atoms with Crippen LogP contribution in [-0.4, -0.2) is 26.0 Å². The average molecular weight is 338 g/mol. The van der Waals surface area contributed by atoms with Crippen LogP contribution in [0.15, 0.2) is 54.6 Å². The number of hydrogen-bond acceptors (Lipinski definition) is 3. The van der Waals surface area contributed by atoms with Crippen molar-refractivity contribution in [3.63, 3.8) is 0 Å². The zero-order valence-electron chi connectivity index (χ0n) is 14.4. The van der Waals surface area contributed by atoms with Gasteiger partial charge in [-0.3, -0.25) is 9.59 Å². The number of amides is 2. The number of carbonyl (C=O) groups is 2. The minimum Gasteiger partial charge on any atom is -0.497 e. The molecular formula is C20H22N2O3. The Morgan fingerprint density at radius 1 is 1.04 bits per heavy atom. The molecule has 0 aromatic heterocycles. The van der Waals surface area contributed by atoms with Crippen LogP contribution in [0.2, 0.25) is 0 Å². The van der Waals surface area contributed by atoms with Crippen LogP contribution in [0.1, 0.15) is 30.0 Å². The molecule has 0 aliphatic heterocycles. The molecule has 3 rings (SSSR count). The molecule has 2 N–H and O–H groups in total. The Hall–Kier alpha value is -2.82. The van der Waals surface area contributed by atoms with E-state index in [9.17, 15) is 9.59 Å². The van der Waals surface area contributed by atoms with Gasteiger partial charge in [0.1, 0.15) is 11.8 Å². The van der Waals surface area contributed by atoms with Gasteiger partial charge in [-0.1, -0.05) is 42.5 Å². The number of likely N-dealkylation sites (N-methyl/N-ethyl adjacent to an activating group) is 1. The van der Waals surface area contributed by atoms with Crippen molar-refractivity contribution in [2.45, 2.75) is 24.3 Å². The van der Waals surface area contributed by atoms with E-state index in [0.29, 0.717) is 0 Å². The molecule has 0 heterocycles. The SMILES string of the molecule is CNC(=O)[C@@H](NC(=O)C1(c2ccc(OC)cc2)CC1)c1ccccc1. The van der Waals surface area contributed by atoms with Crippen molar-refractivity contribution >= 4 is 11.8 Å². The molecule has 2 aromatic rings. The van der Waals surface area contributed by atoms with Crippen molar-refractivity contribution in [2.24, 2.45) is 0 Å². The van der Waals surface area contributed by atoms with E-state index in [2.05, 4.69) is 10.6 Å². The van der Waals surface area contributed by atoms with Gasteiger partial charge in [0.05, 0.1) is 12.5 Å². The van der Waals surface area contributed by atoms with E-state index in [1.54, 1.807) is 14.2 Å². The van der Waals surface area contributed by atoms with Crippen molar-refractivity contribution in [1.82, 2.24) is 10.6 Å². The number of hydrogen-bond donors (Lipinski definition) is 2. The van der Waals surface area contributed by atoms with E-state index in [0.717, 1.165) is 29.7 Å². The highest BCUT2D eigenvalue weighted by Gasteiger charge is 2.52. The molecule has 2 amide bonds. The number of benzene rings is 2. The summed E-state index contributed by atoms with van der Waals surface area (Å²) in [6, 6.07) is 16.1. The molecule has 1 atom stereocenters. The average Bonchev–Trinajstić information content (AvgIpc) is 3.48. The second-order valence-corrected chi connectivity index (χ2v) is 6.24. The summed E-state index contributed by atoms with van der Waals surface area (Å²) >= 11 is 0. The van der Waals surface area contributed by atoms with Gasteiger partial charge in [0.15, 0.2) is 0 Å². The van der Waals surface area contributed by atoms with Gasteiger partial charge in [0.25, 0.3) is 0 Å². The fourth-order valence-corrected chi connectivity index (χ4v) is 3.04. The number of rotatable bonds is 6. The third kappa shape index (κ3) is 3.36. The lowest BCUT2D eigenvalue weighted by Gasteiger charge is -2.22. The summed E-state index contributed by atoms with van der Waals surface area (Å²) in [6.07, 6.45) is 1.56. The topological polar surface area (TPSA) is 67.4 Å². The molecule has 0 bridgehead atoms. The molecular weight excluding hydrogens is 316 g/mol. The number of nitrogens with one attached hydrogen (secondary N) is 2. The van der Waals surface area contributed by atoms with Crippen molar-refractivity contribution in [1.29, 1.82) is 0 Å². The van der Waals surface area contributed by atoms with Gasteiger partial charge >= 0.3 is 0 Å². The lowest BCUT2D eigenvalue weighted by molar-refractivity contribution is -0.130. The quantitative estimate of drug-likeness (QED) is 0.849. The molecule has 0 unspecified atom stereocenters. The van der Waals surface area contributed by atoms with Crippen LogP contribution < -0.4 is 15.4 Å². The second kappa shape index (κ2) is 6.97. The number of carbonyl (C=O) groups excluding carboxylic acids is 2. The van der Waals surface area contributed by atoms with Crippen LogP contribution in [0, 0.1) is 0 Å². The van der Waals surface area contributed by atoms with Gasteiger partial charge in [-0.2, -0.15) is 0 Å². The van der Waals surface area contributed by atoms with Gasteiger partial charge in [0, 0.05) is 7.05 Å². The standard InChI is InChI=1S/C20H22N2O3/c1-21-18(23)17(14-6-4-3-5-7-14)22-19(24)20(12-13-20)15-8-10-16(25-2)11-9-15/h3-11,17H,12-13H2,1-2H3,(H,21,23)(H,22,24)/t17-/m0/s1. The maximum absolute atomic E-state index is 13.0. The Kier molecular flexibility index (Phi) is 4.74. The van der Waals surface area contributed by atoms with Crippen LogP contribution >= 0.6 is 0 Å². The van der Waals surface area contributed by atoms with Crippen LogP contribution in [0.4, 0.5) is 0 Å². The van der Waals surface area contributed by atoms with Crippen LogP contribution in [-0.2, 0) is 15.0 Å². The summed E-state index contributed by atoms with van der Waals surface area (Å²) in [7, 11) is 3.18. The molecule has 5 heteroatoms. The van der Waals surface area contributed by atoms with Crippen molar-refractivity contribution in [3.8, 4) is 5.75 Å². The highest BCUT2D eigenvalue weighted by atomic mass is 16.5. The van der Waals surface area contributed by atoms with Gasteiger partial charge in [-0.15, -0.1) is 0 Å². The second-order valence-electron chi connectivity index (χ2n) is 6.24. The van der Waals surface area contributed by atoms with E-state index in [-0.39, 0.29) is 11.8 Å². The summed E-state index contributed by atoms with van der Waals surface area (Å²) in [5.74, 6) is 0.410. The molecule has 1 aliphatic carbocycles. The zero-order valence-corrected chi connectivity index (χ0v) is 14.4. The lowest BCUT2D eigenvalue weighted by atomic mass is 9.94. The largest absolute Gasteiger partial charge is 0.497 e. The van der Waals surface area contributed by atoms with Gasteiger partial charge in [-0.05, 0) is 36.1 Å². The van der Waals surface area contributed by atoms with Crippen LogP contribution in [0.3, 0.4) is 0 Å². The summed E-state index contributed by atoms with van der Waals surface area (Å²) < 4.78 is 5.18. The highest BCUT2D eigenvalue weighted by molar-refractivity contribution is 5.95. The third-order valence-corrected chi connectivity index (χ3v) is 4.74. The monoisotopic (exact) mass is 338 g/mol. The lowest BCUT2D eigenvalue weighted by Crippen LogP contribution is -2.43. The smallest absolute Gasteiger partial charge is 0.246 e. The zero-order chi connectivity index (χ0) is 17.9. The first-order valence-corrected chi connectivity index (χ1v) is 8.33. The molecule has 5 nitrogen and oxygen atoms in total. The first-order chi connectivity index (χ1) is 12.1. The highest BCUT2D eigenvalue weighted by Crippen LogP contribution is 2.49. The molecule has 2 aromatic carbocycles. The normalized spacial score (nSPS) is 15.8. The minimum atomic E-state index is -0.700. The van der Waals surface area contributed by atoms with E-state index in [1.807, 2.05) is 54.6 Å². The summed E-state index contributed by atoms with van der Waals surface area (Å²) in [5.41, 5.74) is 1.17. The summed E-state index contributed by atoms with van der Waals surface area (Å²) in [6.45, 7) is 0. The van der Waals surface area contributed by atoms with Crippen LogP contribution in [0.25, 0.3) is 0 Å². The molecule has 1 fully saturated rings. The molecule has 0 spiro atoms. The Morgan fingerprint density at radius 2 is 1.68 bits per heavy atom. The molecule has 25 heavy (non-hydrogen) atoms. The Labute approximate surface area is 147 Å². The van der Waals surface area contributed by atoms with Crippen molar-refractivity contribution in [2.75, 3.05) is 14.2 Å². The minimum absolute atomic E-state index is 0.116. The number of ether oxygens (including phenoxy) is 1. The predicted molar refractivity (Wildman–Crippen MR) is 95.3 cm³/mol. The van der Waals surface area contributed by atoms with E-state index in [4.69, 9.17) is 4.74 Å². The summed E-state index contributed by atoms with van der Waals surface area (Å²) in [5, 5.41) is 5.56. The number of methoxy groups -OCH3 is 1. The Balaban J connectivity index is 1.82. The molecule has 1 saturated carbocycles. The first kappa shape index (κ1) is 17.0. The molecule has 1 aliphatic rings. The fourth-order valence-electron chi connectivity index (χ4n) is 3.04. The first-order valence-electron chi connectivity index (χ1n) is 8.33. The Morgan fingerprint density at radius 3 is 2.20 bits per heavy atom. The molecule has 130 valence electrons. The maximum Gasteiger partial charge on any atom is 0.246 e. The maximum atomic E-state index is 13.0. The van der Waals surface area contributed by atoms with Crippen LogP contribution in [0.5, 0.6) is 5.75 Å². The van der Waals surface area contributed by atoms with Gasteiger partial charge in [-0.25, -0.2) is 0 Å². The molecule has 0 radical (unpaired) electrons. The van der Waals surface area contributed by atoms with Gasteiger partial charge < -0.3 is 15.4 Å². The van der Waals surface area contributed by atoms with E-state index >= 15 is 0 Å².